The highest BCUT2D eigenvalue weighted by atomic mass is 35.5. The average Bonchev–Trinajstić information content (AvgIpc) is 2.93. The quantitative estimate of drug-likeness (QED) is 0.514. The van der Waals surface area contributed by atoms with Gasteiger partial charge in [0.05, 0.1) is 10.5 Å². The number of hydrogen-bond donors (Lipinski definition) is 0. The second-order valence-electron chi connectivity index (χ2n) is 4.98. The topological polar surface area (TPSA) is 43.1 Å². The van der Waals surface area contributed by atoms with Gasteiger partial charge in [0.1, 0.15) is 5.82 Å². The molecule has 2 aromatic heterocycles. The second kappa shape index (κ2) is 4.93. The third-order valence-electron chi connectivity index (χ3n) is 3.59. The minimum Gasteiger partial charge on any atom is -0.262 e. The zero-order chi connectivity index (χ0) is 15.3. The molecule has 4 aromatic rings. The van der Waals surface area contributed by atoms with Crippen molar-refractivity contribution in [1.29, 1.82) is 0 Å². The molecule has 0 fully saturated rings. The van der Waals surface area contributed by atoms with E-state index in [0.29, 0.717) is 15.9 Å². The van der Waals surface area contributed by atoms with Crippen LogP contribution >= 0.6 is 23.2 Å². The number of benzene rings is 2. The number of nitrogens with zero attached hydrogens (tertiary/aromatic N) is 4. The smallest absolute Gasteiger partial charge is 0.171 e. The van der Waals surface area contributed by atoms with Gasteiger partial charge in [-0.15, -0.1) is 10.2 Å². The van der Waals surface area contributed by atoms with Crippen molar-refractivity contribution in [3.8, 4) is 11.4 Å². The van der Waals surface area contributed by atoms with Gasteiger partial charge in [-0.25, -0.2) is 4.98 Å². The first-order valence-corrected chi connectivity index (χ1v) is 7.46. The standard InChI is InChI=1S/C16H10Cl2N4/c1-9-19-14-5-3-2-4-12(14)16-21-20-15(22(9)16)11-7-6-10(17)8-13(11)18/h2-8H,1H3. The van der Waals surface area contributed by atoms with Gasteiger partial charge in [0.25, 0.3) is 0 Å². The molecule has 0 aliphatic heterocycles. The second-order valence-corrected chi connectivity index (χ2v) is 5.83. The van der Waals surface area contributed by atoms with Gasteiger partial charge in [0.15, 0.2) is 11.5 Å². The molecule has 4 nitrogen and oxygen atoms in total. The largest absolute Gasteiger partial charge is 0.262 e. The van der Waals surface area contributed by atoms with Gasteiger partial charge in [-0.1, -0.05) is 35.3 Å². The van der Waals surface area contributed by atoms with Gasteiger partial charge in [-0.2, -0.15) is 0 Å². The summed E-state index contributed by atoms with van der Waals surface area (Å²) >= 11 is 12.3. The van der Waals surface area contributed by atoms with Crippen LogP contribution < -0.4 is 0 Å². The molecule has 0 aliphatic rings. The van der Waals surface area contributed by atoms with E-state index >= 15 is 0 Å². The third-order valence-corrected chi connectivity index (χ3v) is 4.13. The molecule has 0 saturated carbocycles. The van der Waals surface area contributed by atoms with Crippen molar-refractivity contribution >= 4 is 39.8 Å². The van der Waals surface area contributed by atoms with Gasteiger partial charge in [0.2, 0.25) is 0 Å². The Kier molecular flexibility index (Phi) is 3.03. The van der Waals surface area contributed by atoms with E-state index in [0.717, 1.165) is 27.9 Å². The molecule has 108 valence electrons. The van der Waals surface area contributed by atoms with Crippen molar-refractivity contribution in [3.63, 3.8) is 0 Å². The number of rotatable bonds is 1. The Balaban J connectivity index is 2.10. The summed E-state index contributed by atoms with van der Waals surface area (Å²) in [5, 5.41) is 10.7. The van der Waals surface area contributed by atoms with Crippen LogP contribution in [0.4, 0.5) is 0 Å². The van der Waals surface area contributed by atoms with E-state index in [1.165, 1.54) is 0 Å². The van der Waals surface area contributed by atoms with E-state index < -0.39 is 0 Å². The maximum absolute atomic E-state index is 6.31. The zero-order valence-corrected chi connectivity index (χ0v) is 13.1. The van der Waals surface area contributed by atoms with E-state index in [9.17, 15) is 0 Å². The molecule has 0 spiro atoms. The molecule has 4 rings (SSSR count). The monoisotopic (exact) mass is 328 g/mol. The lowest BCUT2D eigenvalue weighted by atomic mass is 10.2. The molecular weight excluding hydrogens is 319 g/mol. The minimum absolute atomic E-state index is 0.536. The minimum atomic E-state index is 0.536. The molecule has 2 aromatic carbocycles. The Labute approximate surface area is 136 Å². The molecule has 0 radical (unpaired) electrons. The highest BCUT2D eigenvalue weighted by molar-refractivity contribution is 6.36. The van der Waals surface area contributed by atoms with Crippen LogP contribution in [0.2, 0.25) is 10.0 Å². The van der Waals surface area contributed by atoms with Crippen LogP contribution in [0, 0.1) is 6.92 Å². The molecular formula is C16H10Cl2N4. The normalized spacial score (nSPS) is 11.4. The van der Waals surface area contributed by atoms with Gasteiger partial charge >= 0.3 is 0 Å². The molecule has 2 heterocycles. The summed E-state index contributed by atoms with van der Waals surface area (Å²) in [4.78, 5) is 4.62. The summed E-state index contributed by atoms with van der Waals surface area (Å²) in [7, 11) is 0. The third kappa shape index (κ3) is 1.95. The maximum Gasteiger partial charge on any atom is 0.171 e. The average molecular weight is 329 g/mol. The first-order chi connectivity index (χ1) is 10.6. The predicted molar refractivity (Wildman–Crippen MR) is 88.5 cm³/mol. The van der Waals surface area contributed by atoms with E-state index in [-0.39, 0.29) is 0 Å². The lowest BCUT2D eigenvalue weighted by Gasteiger charge is -2.07. The van der Waals surface area contributed by atoms with E-state index in [2.05, 4.69) is 15.2 Å². The van der Waals surface area contributed by atoms with Crippen LogP contribution in [0.15, 0.2) is 42.5 Å². The highest BCUT2D eigenvalue weighted by Gasteiger charge is 2.16. The van der Waals surface area contributed by atoms with Crippen molar-refractivity contribution in [1.82, 2.24) is 19.6 Å². The fourth-order valence-corrected chi connectivity index (χ4v) is 3.09. The van der Waals surface area contributed by atoms with Gasteiger partial charge in [0, 0.05) is 16.0 Å². The Hall–Kier alpha value is -2.17. The number of halogens is 2. The SMILES string of the molecule is Cc1nc2ccccc2c2nnc(-c3ccc(Cl)cc3Cl)n12. The Morgan fingerprint density at radius 3 is 2.64 bits per heavy atom. The van der Waals surface area contributed by atoms with Crippen LogP contribution in [0.3, 0.4) is 0 Å². The molecule has 0 bridgehead atoms. The lowest BCUT2D eigenvalue weighted by molar-refractivity contribution is 1.01. The predicted octanol–water partition coefficient (Wildman–Crippen LogP) is 4.56. The number of aryl methyl sites for hydroxylation is 1. The zero-order valence-electron chi connectivity index (χ0n) is 11.6. The van der Waals surface area contributed by atoms with Crippen LogP contribution in [-0.2, 0) is 0 Å². The van der Waals surface area contributed by atoms with Crippen LogP contribution in [0.5, 0.6) is 0 Å². The Bertz CT molecular complexity index is 1020. The molecule has 0 saturated heterocycles. The number of para-hydroxylation sites is 1. The summed E-state index contributed by atoms with van der Waals surface area (Å²) in [6.45, 7) is 1.93. The van der Waals surface area contributed by atoms with Crippen molar-refractivity contribution in [2.75, 3.05) is 0 Å². The number of aromatic nitrogens is 4. The molecule has 0 aliphatic carbocycles. The summed E-state index contributed by atoms with van der Waals surface area (Å²) in [5.74, 6) is 1.46. The molecule has 0 unspecified atom stereocenters. The molecule has 6 heteroatoms. The fraction of sp³-hybridized carbons (Fsp3) is 0.0625. The first kappa shape index (κ1) is 13.5. The summed E-state index contributed by atoms with van der Waals surface area (Å²) in [5.41, 5.74) is 2.44. The summed E-state index contributed by atoms with van der Waals surface area (Å²) in [6, 6.07) is 13.2. The van der Waals surface area contributed by atoms with Gasteiger partial charge in [-0.05, 0) is 37.3 Å². The van der Waals surface area contributed by atoms with Crippen molar-refractivity contribution < 1.29 is 0 Å². The lowest BCUT2D eigenvalue weighted by Crippen LogP contribution is -1.99. The molecule has 0 amide bonds. The van der Waals surface area contributed by atoms with E-state index in [4.69, 9.17) is 23.2 Å². The molecule has 0 N–H and O–H groups in total. The first-order valence-electron chi connectivity index (χ1n) is 6.71. The van der Waals surface area contributed by atoms with Crippen LogP contribution in [-0.4, -0.2) is 19.6 Å². The van der Waals surface area contributed by atoms with Gasteiger partial charge < -0.3 is 0 Å². The summed E-state index contributed by atoms with van der Waals surface area (Å²) < 4.78 is 1.91. The summed E-state index contributed by atoms with van der Waals surface area (Å²) in [6.07, 6.45) is 0. The Morgan fingerprint density at radius 2 is 1.82 bits per heavy atom. The van der Waals surface area contributed by atoms with E-state index in [1.807, 2.05) is 41.7 Å². The van der Waals surface area contributed by atoms with Gasteiger partial charge in [-0.3, -0.25) is 4.40 Å². The number of fused-ring (bicyclic) bond motifs is 3. The van der Waals surface area contributed by atoms with Crippen molar-refractivity contribution in [2.45, 2.75) is 6.92 Å². The Morgan fingerprint density at radius 1 is 1.00 bits per heavy atom. The highest BCUT2D eigenvalue weighted by Crippen LogP contribution is 2.31. The van der Waals surface area contributed by atoms with Crippen LogP contribution in [0.1, 0.15) is 5.82 Å². The van der Waals surface area contributed by atoms with Crippen molar-refractivity contribution in [2.24, 2.45) is 0 Å². The van der Waals surface area contributed by atoms with Crippen molar-refractivity contribution in [3.05, 3.63) is 58.3 Å². The number of hydrogen-bond acceptors (Lipinski definition) is 3. The van der Waals surface area contributed by atoms with Crippen LogP contribution in [0.25, 0.3) is 27.9 Å². The maximum atomic E-state index is 6.31. The fourth-order valence-electron chi connectivity index (χ4n) is 2.59. The molecule has 0 atom stereocenters. The molecule has 22 heavy (non-hydrogen) atoms. The van der Waals surface area contributed by atoms with E-state index in [1.54, 1.807) is 12.1 Å².